The van der Waals surface area contributed by atoms with Crippen molar-refractivity contribution in [3.63, 3.8) is 0 Å². The van der Waals surface area contributed by atoms with Gasteiger partial charge in [-0.25, -0.2) is 2.90 Å². The Morgan fingerprint density at radius 2 is 2.23 bits per heavy atom. The lowest BCUT2D eigenvalue weighted by molar-refractivity contribution is 0.813. The highest BCUT2D eigenvalue weighted by molar-refractivity contribution is 14.1. The third-order valence-electron chi connectivity index (χ3n) is 2.02. The van der Waals surface area contributed by atoms with Gasteiger partial charge in [0, 0.05) is 17.8 Å². The number of hydrogen-bond donors (Lipinski definition) is 0. The van der Waals surface area contributed by atoms with Gasteiger partial charge in [0.05, 0.1) is 34.1 Å². The second-order valence-electron chi connectivity index (χ2n) is 3.29. The Morgan fingerprint density at radius 1 is 1.46 bits per heavy atom. The minimum Gasteiger partial charge on any atom is -0.264 e. The van der Waals surface area contributed by atoms with Crippen LogP contribution in [0.5, 0.6) is 0 Å². The predicted octanol–water partition coefficient (Wildman–Crippen LogP) is 2.75. The van der Waals surface area contributed by atoms with Gasteiger partial charge in [-0.2, -0.15) is 5.10 Å². The molecule has 0 bridgehead atoms. The van der Waals surface area contributed by atoms with Crippen molar-refractivity contribution in [3.8, 4) is 0 Å². The van der Waals surface area contributed by atoms with Crippen LogP contribution in [0.15, 0.2) is 18.5 Å². The third kappa shape index (κ3) is 1.43. The second kappa shape index (κ2) is 3.25. The first kappa shape index (κ1) is 8.93. The van der Waals surface area contributed by atoms with Crippen LogP contribution in [0.1, 0.15) is 25.5 Å². The van der Waals surface area contributed by atoms with Gasteiger partial charge in [0.2, 0.25) is 0 Å². The zero-order valence-corrected chi connectivity index (χ0v) is 9.69. The summed E-state index contributed by atoms with van der Waals surface area (Å²) in [6, 6.07) is 1.99. The Morgan fingerprint density at radius 3 is 2.92 bits per heavy atom. The lowest BCUT2D eigenvalue weighted by Crippen LogP contribution is -1.89. The molecule has 2 heterocycles. The van der Waals surface area contributed by atoms with Crippen molar-refractivity contribution >= 4 is 33.8 Å². The largest absolute Gasteiger partial charge is 0.264 e. The lowest BCUT2D eigenvalue weighted by atomic mass is 10.1. The Labute approximate surface area is 90.7 Å². The van der Waals surface area contributed by atoms with Crippen LogP contribution in [0.25, 0.3) is 10.9 Å². The Bertz CT molecular complexity index is 433. The molecule has 0 saturated heterocycles. The zero-order valence-electron chi connectivity index (χ0n) is 7.53. The van der Waals surface area contributed by atoms with E-state index in [4.69, 9.17) is 0 Å². The molecule has 0 atom stereocenters. The van der Waals surface area contributed by atoms with Crippen LogP contribution in [0.2, 0.25) is 0 Å². The summed E-state index contributed by atoms with van der Waals surface area (Å²) in [5.41, 5.74) is 2.26. The van der Waals surface area contributed by atoms with Gasteiger partial charge >= 0.3 is 0 Å². The fraction of sp³-hybridized carbons (Fsp3) is 0.333. The first-order chi connectivity index (χ1) is 6.20. The van der Waals surface area contributed by atoms with E-state index in [1.165, 1.54) is 0 Å². The molecule has 3 nitrogen and oxygen atoms in total. The molecule has 0 N–H and O–H groups in total. The number of fused-ring (bicyclic) bond motifs is 1. The average Bonchev–Trinajstić information content (AvgIpc) is 2.45. The standard InChI is InChI=1S/C9H10IN3/c1-6(2)9-7-5-11-4-3-8(7)13(10)12-9/h3-6H,1-2H3. The molecular formula is C9H10IN3. The number of hydrogen-bond acceptors (Lipinski definition) is 2. The van der Waals surface area contributed by atoms with Crippen LogP contribution in [0, 0.1) is 0 Å². The molecule has 2 aromatic heterocycles. The van der Waals surface area contributed by atoms with Crippen LogP contribution >= 0.6 is 22.9 Å². The molecule has 2 aromatic rings. The van der Waals surface area contributed by atoms with E-state index in [1.807, 2.05) is 15.2 Å². The number of halogens is 1. The van der Waals surface area contributed by atoms with E-state index in [0.717, 1.165) is 16.6 Å². The highest BCUT2D eigenvalue weighted by atomic mass is 127. The number of rotatable bonds is 1. The Balaban J connectivity index is 2.78. The van der Waals surface area contributed by atoms with Crippen LogP contribution in [-0.2, 0) is 0 Å². The topological polar surface area (TPSA) is 30.7 Å². The van der Waals surface area contributed by atoms with Gasteiger partial charge in [0.15, 0.2) is 0 Å². The van der Waals surface area contributed by atoms with Gasteiger partial charge in [-0.1, -0.05) is 13.8 Å². The normalized spacial score (nSPS) is 11.4. The van der Waals surface area contributed by atoms with Gasteiger partial charge < -0.3 is 0 Å². The number of nitrogens with zero attached hydrogens (tertiary/aromatic N) is 3. The van der Waals surface area contributed by atoms with Crippen molar-refractivity contribution in [2.75, 3.05) is 0 Å². The van der Waals surface area contributed by atoms with Crippen LogP contribution in [0.3, 0.4) is 0 Å². The molecule has 0 saturated carbocycles. The highest BCUT2D eigenvalue weighted by Crippen LogP contribution is 2.24. The Hall–Kier alpha value is -0.650. The minimum atomic E-state index is 0.447. The van der Waals surface area contributed by atoms with Gasteiger partial charge in [-0.05, 0) is 12.0 Å². The molecule has 0 amide bonds. The van der Waals surface area contributed by atoms with E-state index >= 15 is 0 Å². The van der Waals surface area contributed by atoms with Crippen LogP contribution < -0.4 is 0 Å². The smallest absolute Gasteiger partial charge is 0.0851 e. The van der Waals surface area contributed by atoms with E-state index < -0.39 is 0 Å². The predicted molar refractivity (Wildman–Crippen MR) is 61.0 cm³/mol. The number of pyridine rings is 1. The monoisotopic (exact) mass is 287 g/mol. The summed E-state index contributed by atoms with van der Waals surface area (Å²) >= 11 is 2.19. The van der Waals surface area contributed by atoms with E-state index in [1.54, 1.807) is 6.20 Å². The molecule has 4 heteroatoms. The fourth-order valence-electron chi connectivity index (χ4n) is 1.37. The molecule has 2 rings (SSSR count). The van der Waals surface area contributed by atoms with Crippen molar-refractivity contribution in [3.05, 3.63) is 24.2 Å². The summed E-state index contributed by atoms with van der Waals surface area (Å²) < 4.78 is 1.88. The second-order valence-corrected chi connectivity index (χ2v) is 4.21. The molecule has 0 aliphatic carbocycles. The van der Waals surface area contributed by atoms with Crippen molar-refractivity contribution in [2.45, 2.75) is 19.8 Å². The van der Waals surface area contributed by atoms with E-state index in [9.17, 15) is 0 Å². The molecule has 0 radical (unpaired) electrons. The first-order valence-electron chi connectivity index (χ1n) is 4.19. The summed E-state index contributed by atoms with van der Waals surface area (Å²) in [7, 11) is 0. The van der Waals surface area contributed by atoms with Crippen molar-refractivity contribution in [1.29, 1.82) is 0 Å². The molecule has 0 aliphatic heterocycles. The molecule has 0 fully saturated rings. The van der Waals surface area contributed by atoms with Crippen molar-refractivity contribution in [2.24, 2.45) is 0 Å². The fourth-order valence-corrected chi connectivity index (χ4v) is 2.03. The molecule has 0 spiro atoms. The molecule has 68 valence electrons. The zero-order chi connectivity index (χ0) is 9.42. The molecule has 0 unspecified atom stereocenters. The van der Waals surface area contributed by atoms with Crippen molar-refractivity contribution < 1.29 is 0 Å². The highest BCUT2D eigenvalue weighted by Gasteiger charge is 2.11. The van der Waals surface area contributed by atoms with Crippen LogP contribution in [0.4, 0.5) is 0 Å². The molecule has 13 heavy (non-hydrogen) atoms. The lowest BCUT2D eigenvalue weighted by Gasteiger charge is -1.97. The van der Waals surface area contributed by atoms with Crippen molar-refractivity contribution in [1.82, 2.24) is 13.0 Å². The van der Waals surface area contributed by atoms with Crippen LogP contribution in [-0.4, -0.2) is 13.0 Å². The van der Waals surface area contributed by atoms with Gasteiger partial charge in [-0.15, -0.1) is 0 Å². The van der Waals surface area contributed by atoms with E-state index in [2.05, 4.69) is 46.8 Å². The third-order valence-corrected chi connectivity index (χ3v) is 2.75. The van der Waals surface area contributed by atoms with Gasteiger partial charge in [0.25, 0.3) is 0 Å². The average molecular weight is 287 g/mol. The van der Waals surface area contributed by atoms with E-state index in [-0.39, 0.29) is 0 Å². The minimum absolute atomic E-state index is 0.447. The van der Waals surface area contributed by atoms with Gasteiger partial charge in [0.1, 0.15) is 0 Å². The number of aromatic nitrogens is 3. The van der Waals surface area contributed by atoms with E-state index in [0.29, 0.717) is 5.92 Å². The summed E-state index contributed by atoms with van der Waals surface area (Å²) in [5, 5.41) is 5.61. The summed E-state index contributed by atoms with van der Waals surface area (Å²) in [6.07, 6.45) is 3.68. The molecular weight excluding hydrogens is 277 g/mol. The van der Waals surface area contributed by atoms with Gasteiger partial charge in [-0.3, -0.25) is 4.98 Å². The maximum atomic E-state index is 4.45. The quantitative estimate of drug-likeness (QED) is 0.755. The molecule has 0 aromatic carbocycles. The SMILES string of the molecule is CC(C)c1nn(I)c2ccncc12. The maximum Gasteiger partial charge on any atom is 0.0851 e. The maximum absolute atomic E-state index is 4.45. The summed E-state index contributed by atoms with van der Waals surface area (Å²) in [5.74, 6) is 0.447. The summed E-state index contributed by atoms with van der Waals surface area (Å²) in [6.45, 7) is 4.29. The Kier molecular flexibility index (Phi) is 2.23. The summed E-state index contributed by atoms with van der Waals surface area (Å²) in [4.78, 5) is 4.11. The molecule has 0 aliphatic rings. The first-order valence-corrected chi connectivity index (χ1v) is 5.15.